The van der Waals surface area contributed by atoms with Crippen LogP contribution in [0.1, 0.15) is 32.6 Å². The summed E-state index contributed by atoms with van der Waals surface area (Å²) in [5.74, 6) is -0.859. The molecule has 1 unspecified atom stereocenters. The molecular weight excluding hydrogens is 208 g/mol. The molecule has 1 aliphatic rings. The van der Waals surface area contributed by atoms with E-state index in [1.54, 1.807) is 0 Å². The molecular formula is C11H20N2O3. The highest BCUT2D eigenvalue weighted by Crippen LogP contribution is 2.19. The maximum absolute atomic E-state index is 11.9. The van der Waals surface area contributed by atoms with Crippen molar-refractivity contribution in [1.82, 2.24) is 4.90 Å². The van der Waals surface area contributed by atoms with Gasteiger partial charge in [-0.2, -0.15) is 0 Å². The van der Waals surface area contributed by atoms with Crippen LogP contribution in [0.2, 0.25) is 0 Å². The SMILES string of the molecule is CC(CN)CC(=O)N1CCCC[C@@H]1C(=O)O. The monoisotopic (exact) mass is 228 g/mol. The van der Waals surface area contributed by atoms with Gasteiger partial charge < -0.3 is 15.7 Å². The number of carbonyl (C=O) groups excluding carboxylic acids is 1. The first-order valence-electron chi connectivity index (χ1n) is 5.78. The number of amides is 1. The molecule has 0 spiro atoms. The number of carbonyl (C=O) groups is 2. The van der Waals surface area contributed by atoms with Crippen molar-refractivity contribution >= 4 is 11.9 Å². The van der Waals surface area contributed by atoms with Gasteiger partial charge in [-0.3, -0.25) is 4.79 Å². The highest BCUT2D eigenvalue weighted by atomic mass is 16.4. The molecule has 0 radical (unpaired) electrons. The van der Waals surface area contributed by atoms with E-state index in [-0.39, 0.29) is 11.8 Å². The zero-order valence-corrected chi connectivity index (χ0v) is 9.69. The van der Waals surface area contributed by atoms with E-state index in [2.05, 4.69) is 0 Å². The largest absolute Gasteiger partial charge is 0.480 e. The normalized spacial score (nSPS) is 22.9. The number of hydrogen-bond donors (Lipinski definition) is 2. The van der Waals surface area contributed by atoms with Gasteiger partial charge in [-0.1, -0.05) is 6.92 Å². The van der Waals surface area contributed by atoms with Crippen molar-refractivity contribution < 1.29 is 14.7 Å². The molecule has 0 bridgehead atoms. The van der Waals surface area contributed by atoms with Gasteiger partial charge in [0.25, 0.3) is 0 Å². The molecule has 1 saturated heterocycles. The van der Waals surface area contributed by atoms with E-state index in [1.165, 1.54) is 4.90 Å². The number of carboxylic acids is 1. The number of nitrogens with two attached hydrogens (primary N) is 1. The topological polar surface area (TPSA) is 83.6 Å². The van der Waals surface area contributed by atoms with Crippen LogP contribution in [-0.4, -0.2) is 41.0 Å². The Labute approximate surface area is 95.6 Å². The summed E-state index contributed by atoms with van der Waals surface area (Å²) < 4.78 is 0. The quantitative estimate of drug-likeness (QED) is 0.731. The van der Waals surface area contributed by atoms with E-state index in [9.17, 15) is 9.59 Å². The second kappa shape index (κ2) is 5.84. The van der Waals surface area contributed by atoms with E-state index >= 15 is 0 Å². The standard InChI is InChI=1S/C11H20N2O3/c1-8(7-12)6-10(14)13-5-3-2-4-9(13)11(15)16/h8-9H,2-7,12H2,1H3,(H,15,16)/t8?,9-/m1/s1. The number of likely N-dealkylation sites (tertiary alicyclic amines) is 1. The second-order valence-electron chi connectivity index (χ2n) is 4.48. The third-order valence-corrected chi connectivity index (χ3v) is 3.03. The van der Waals surface area contributed by atoms with Gasteiger partial charge in [0.2, 0.25) is 5.91 Å². The minimum Gasteiger partial charge on any atom is -0.480 e. The Kier molecular flexibility index (Phi) is 4.73. The first kappa shape index (κ1) is 13.0. The van der Waals surface area contributed by atoms with E-state index < -0.39 is 12.0 Å². The van der Waals surface area contributed by atoms with Crippen LogP contribution in [0.3, 0.4) is 0 Å². The lowest BCUT2D eigenvalue weighted by molar-refractivity contribution is -0.152. The average Bonchev–Trinajstić information content (AvgIpc) is 2.28. The van der Waals surface area contributed by atoms with Crippen LogP contribution in [-0.2, 0) is 9.59 Å². The summed E-state index contributed by atoms with van der Waals surface area (Å²) in [6, 6.07) is -0.633. The Morgan fingerprint density at radius 3 is 2.75 bits per heavy atom. The van der Waals surface area contributed by atoms with Crippen molar-refractivity contribution in [3.8, 4) is 0 Å². The van der Waals surface area contributed by atoms with E-state index in [4.69, 9.17) is 10.8 Å². The van der Waals surface area contributed by atoms with Crippen LogP contribution >= 0.6 is 0 Å². The fraction of sp³-hybridized carbons (Fsp3) is 0.818. The third kappa shape index (κ3) is 3.20. The highest BCUT2D eigenvalue weighted by Gasteiger charge is 2.31. The number of hydrogen-bond acceptors (Lipinski definition) is 3. The molecule has 1 rings (SSSR count). The minimum absolute atomic E-state index is 0.0787. The first-order valence-corrected chi connectivity index (χ1v) is 5.78. The third-order valence-electron chi connectivity index (χ3n) is 3.03. The van der Waals surface area contributed by atoms with Gasteiger partial charge in [0.15, 0.2) is 0 Å². The smallest absolute Gasteiger partial charge is 0.326 e. The lowest BCUT2D eigenvalue weighted by Gasteiger charge is -2.33. The Morgan fingerprint density at radius 1 is 1.50 bits per heavy atom. The fourth-order valence-corrected chi connectivity index (χ4v) is 1.99. The van der Waals surface area contributed by atoms with Crippen molar-refractivity contribution in [2.24, 2.45) is 11.7 Å². The summed E-state index contributed by atoms with van der Waals surface area (Å²) in [6.07, 6.45) is 2.69. The molecule has 0 aromatic rings. The molecule has 0 aliphatic carbocycles. The van der Waals surface area contributed by atoms with Crippen LogP contribution in [0.15, 0.2) is 0 Å². The number of nitrogens with zero attached hydrogens (tertiary/aromatic N) is 1. The van der Waals surface area contributed by atoms with Crippen molar-refractivity contribution in [1.29, 1.82) is 0 Å². The lowest BCUT2D eigenvalue weighted by atomic mass is 10.00. The van der Waals surface area contributed by atoms with E-state index in [0.717, 1.165) is 12.8 Å². The van der Waals surface area contributed by atoms with Gasteiger partial charge in [-0.05, 0) is 31.7 Å². The maximum Gasteiger partial charge on any atom is 0.326 e. The molecule has 0 aromatic carbocycles. The maximum atomic E-state index is 11.9. The van der Waals surface area contributed by atoms with Gasteiger partial charge in [0.05, 0.1) is 0 Å². The molecule has 0 aromatic heterocycles. The van der Waals surface area contributed by atoms with E-state index in [1.807, 2.05) is 6.92 Å². The van der Waals surface area contributed by atoms with Gasteiger partial charge in [0.1, 0.15) is 6.04 Å². The minimum atomic E-state index is -0.895. The molecule has 92 valence electrons. The fourth-order valence-electron chi connectivity index (χ4n) is 1.99. The Morgan fingerprint density at radius 2 is 2.19 bits per heavy atom. The second-order valence-corrected chi connectivity index (χ2v) is 4.48. The van der Waals surface area contributed by atoms with Crippen LogP contribution in [0.4, 0.5) is 0 Å². The first-order chi connectivity index (χ1) is 7.56. The van der Waals surface area contributed by atoms with Crippen LogP contribution in [0.25, 0.3) is 0 Å². The summed E-state index contributed by atoms with van der Waals surface area (Å²) in [6.45, 7) is 2.92. The summed E-state index contributed by atoms with van der Waals surface area (Å²) in [5.41, 5.74) is 5.46. The summed E-state index contributed by atoms with van der Waals surface area (Å²) in [7, 11) is 0. The molecule has 3 N–H and O–H groups in total. The number of rotatable bonds is 4. The Balaban J connectivity index is 2.60. The van der Waals surface area contributed by atoms with Gasteiger partial charge in [0, 0.05) is 13.0 Å². The summed E-state index contributed by atoms with van der Waals surface area (Å²) in [5, 5.41) is 9.03. The molecule has 1 fully saturated rings. The van der Waals surface area contributed by atoms with Gasteiger partial charge in [-0.25, -0.2) is 4.79 Å². The number of carboxylic acid groups (broad SMARTS) is 1. The predicted octanol–water partition coefficient (Wildman–Crippen LogP) is 0.437. The molecule has 1 amide bonds. The zero-order chi connectivity index (χ0) is 12.1. The summed E-state index contributed by atoms with van der Waals surface area (Å²) >= 11 is 0. The van der Waals surface area contributed by atoms with Crippen molar-refractivity contribution in [3.63, 3.8) is 0 Å². The molecule has 1 heterocycles. The molecule has 2 atom stereocenters. The molecule has 5 nitrogen and oxygen atoms in total. The van der Waals surface area contributed by atoms with Gasteiger partial charge >= 0.3 is 5.97 Å². The van der Waals surface area contributed by atoms with E-state index in [0.29, 0.717) is 25.9 Å². The summed E-state index contributed by atoms with van der Waals surface area (Å²) in [4.78, 5) is 24.4. The number of piperidine rings is 1. The van der Waals surface area contributed by atoms with Crippen LogP contribution < -0.4 is 5.73 Å². The Hall–Kier alpha value is -1.10. The number of aliphatic carboxylic acids is 1. The predicted molar refractivity (Wildman–Crippen MR) is 59.8 cm³/mol. The van der Waals surface area contributed by atoms with Crippen molar-refractivity contribution in [3.05, 3.63) is 0 Å². The highest BCUT2D eigenvalue weighted by molar-refractivity contribution is 5.84. The molecule has 5 heteroatoms. The molecule has 0 saturated carbocycles. The van der Waals surface area contributed by atoms with Gasteiger partial charge in [-0.15, -0.1) is 0 Å². The molecule has 16 heavy (non-hydrogen) atoms. The molecule has 1 aliphatic heterocycles. The zero-order valence-electron chi connectivity index (χ0n) is 9.69. The van der Waals surface area contributed by atoms with Crippen LogP contribution in [0, 0.1) is 5.92 Å². The van der Waals surface area contributed by atoms with Crippen molar-refractivity contribution in [2.75, 3.05) is 13.1 Å². The van der Waals surface area contributed by atoms with Crippen LogP contribution in [0.5, 0.6) is 0 Å². The van der Waals surface area contributed by atoms with Crippen molar-refractivity contribution in [2.45, 2.75) is 38.6 Å². The Bertz CT molecular complexity index is 268. The lowest BCUT2D eigenvalue weighted by Crippen LogP contribution is -2.48. The average molecular weight is 228 g/mol.